The zero-order chi connectivity index (χ0) is 28.1. The van der Waals surface area contributed by atoms with Crippen LogP contribution in [0.2, 0.25) is 5.02 Å². The number of amides is 1. The number of likely N-dealkylation sites (N-methyl/N-ethyl adjacent to an activating group) is 1. The van der Waals surface area contributed by atoms with Gasteiger partial charge in [0.2, 0.25) is 5.91 Å². The number of rotatable bonds is 9. The van der Waals surface area contributed by atoms with Crippen molar-refractivity contribution in [1.82, 2.24) is 9.88 Å². The van der Waals surface area contributed by atoms with Gasteiger partial charge in [-0.25, -0.2) is 4.99 Å². The van der Waals surface area contributed by atoms with E-state index in [1.165, 1.54) is 0 Å². The number of halogens is 1. The molecule has 1 heterocycles. The standard InChI is InChI=1S/C33H31ClN4O2/c1-37(2)19-20-38(30(39)21-23-9-5-3-6-10-23)27-16-14-26(15-17-27)35-32(24-11-7-4-8-12-24)31-28-18-13-25(34)22-29(28)36-33(31)40/h3-18,22,36,40H,19-21H2,1-2H3. The van der Waals surface area contributed by atoms with Gasteiger partial charge in [0.15, 0.2) is 5.88 Å². The molecule has 202 valence electrons. The second kappa shape index (κ2) is 12.2. The molecule has 40 heavy (non-hydrogen) atoms. The third-order valence-electron chi connectivity index (χ3n) is 6.70. The molecule has 0 unspecified atom stereocenters. The van der Waals surface area contributed by atoms with Gasteiger partial charge in [0.1, 0.15) is 0 Å². The Balaban J connectivity index is 1.51. The van der Waals surface area contributed by atoms with Gasteiger partial charge in [-0.2, -0.15) is 0 Å². The first kappa shape index (κ1) is 27.2. The highest BCUT2D eigenvalue weighted by atomic mass is 35.5. The molecule has 4 aromatic carbocycles. The first-order valence-corrected chi connectivity index (χ1v) is 13.5. The van der Waals surface area contributed by atoms with Crippen LogP contribution in [0.4, 0.5) is 11.4 Å². The number of aromatic amines is 1. The van der Waals surface area contributed by atoms with Gasteiger partial charge in [-0.3, -0.25) is 4.79 Å². The summed E-state index contributed by atoms with van der Waals surface area (Å²) in [4.78, 5) is 25.3. The number of aliphatic imine (C=N–C) groups is 1. The first-order chi connectivity index (χ1) is 19.4. The van der Waals surface area contributed by atoms with Crippen molar-refractivity contribution in [2.75, 3.05) is 32.1 Å². The molecular formula is C33H31ClN4O2. The zero-order valence-electron chi connectivity index (χ0n) is 22.5. The topological polar surface area (TPSA) is 71.9 Å². The monoisotopic (exact) mass is 550 g/mol. The van der Waals surface area contributed by atoms with E-state index >= 15 is 0 Å². The quantitative estimate of drug-likeness (QED) is 0.197. The normalized spacial score (nSPS) is 11.8. The molecule has 0 aliphatic rings. The Morgan fingerprint density at radius 2 is 1.55 bits per heavy atom. The highest BCUT2D eigenvalue weighted by Gasteiger charge is 2.20. The Kier molecular flexibility index (Phi) is 8.29. The van der Waals surface area contributed by atoms with Crippen molar-refractivity contribution in [3.63, 3.8) is 0 Å². The van der Waals surface area contributed by atoms with Crippen molar-refractivity contribution in [3.05, 3.63) is 125 Å². The summed E-state index contributed by atoms with van der Waals surface area (Å²) in [6, 6.07) is 32.7. The largest absolute Gasteiger partial charge is 0.494 e. The van der Waals surface area contributed by atoms with Crippen molar-refractivity contribution in [1.29, 1.82) is 0 Å². The SMILES string of the molecule is CN(C)CCN(C(=O)Cc1ccccc1)c1ccc(N=C(c2ccccc2)c2c(O)[nH]c3cc(Cl)ccc23)cc1. The Bertz CT molecular complexity index is 1630. The number of anilines is 1. The molecule has 0 saturated heterocycles. The molecule has 0 spiro atoms. The molecule has 2 N–H and O–H groups in total. The lowest BCUT2D eigenvalue weighted by atomic mass is 10.0. The van der Waals surface area contributed by atoms with Gasteiger partial charge in [0, 0.05) is 34.7 Å². The molecule has 1 amide bonds. The van der Waals surface area contributed by atoms with Crippen LogP contribution in [0.1, 0.15) is 16.7 Å². The number of fused-ring (bicyclic) bond motifs is 1. The van der Waals surface area contributed by atoms with Crippen molar-refractivity contribution in [3.8, 4) is 5.88 Å². The molecule has 0 atom stereocenters. The Labute approximate surface area is 239 Å². The van der Waals surface area contributed by atoms with E-state index in [1.54, 1.807) is 12.1 Å². The van der Waals surface area contributed by atoms with E-state index in [2.05, 4.69) is 9.88 Å². The van der Waals surface area contributed by atoms with E-state index in [-0.39, 0.29) is 11.8 Å². The molecule has 6 nitrogen and oxygen atoms in total. The lowest BCUT2D eigenvalue weighted by Gasteiger charge is -2.25. The molecule has 0 saturated carbocycles. The summed E-state index contributed by atoms with van der Waals surface area (Å²) in [7, 11) is 3.99. The molecule has 7 heteroatoms. The molecule has 0 aliphatic heterocycles. The number of aromatic hydroxyl groups is 1. The fourth-order valence-electron chi connectivity index (χ4n) is 4.66. The van der Waals surface area contributed by atoms with Crippen molar-refractivity contribution < 1.29 is 9.90 Å². The number of aromatic nitrogens is 1. The van der Waals surface area contributed by atoms with Gasteiger partial charge < -0.3 is 19.9 Å². The third-order valence-corrected chi connectivity index (χ3v) is 6.93. The Morgan fingerprint density at radius 1 is 0.875 bits per heavy atom. The Morgan fingerprint density at radius 3 is 2.23 bits per heavy atom. The number of hydrogen-bond acceptors (Lipinski definition) is 4. The maximum Gasteiger partial charge on any atom is 0.231 e. The van der Waals surface area contributed by atoms with Crippen LogP contribution in [0.25, 0.3) is 10.9 Å². The predicted molar refractivity (Wildman–Crippen MR) is 164 cm³/mol. The second-order valence-electron chi connectivity index (χ2n) is 9.89. The van der Waals surface area contributed by atoms with E-state index in [9.17, 15) is 9.90 Å². The van der Waals surface area contributed by atoms with Gasteiger partial charge >= 0.3 is 0 Å². The number of carbonyl (C=O) groups is 1. The summed E-state index contributed by atoms with van der Waals surface area (Å²) in [6.07, 6.45) is 0.330. The molecule has 0 fully saturated rings. The van der Waals surface area contributed by atoms with Crippen LogP contribution in [0.3, 0.4) is 0 Å². The number of benzene rings is 4. The van der Waals surface area contributed by atoms with Crippen molar-refractivity contribution in [2.45, 2.75) is 6.42 Å². The van der Waals surface area contributed by atoms with E-state index in [4.69, 9.17) is 16.6 Å². The van der Waals surface area contributed by atoms with Gasteiger partial charge in [-0.1, -0.05) is 78.3 Å². The lowest BCUT2D eigenvalue weighted by Crippen LogP contribution is -2.37. The Hall–Kier alpha value is -4.39. The summed E-state index contributed by atoms with van der Waals surface area (Å²) in [5.41, 5.74) is 5.32. The smallest absolute Gasteiger partial charge is 0.231 e. The molecule has 0 radical (unpaired) electrons. The van der Waals surface area contributed by atoms with Gasteiger partial charge in [-0.05, 0) is 56.1 Å². The summed E-state index contributed by atoms with van der Waals surface area (Å²) in [5, 5.41) is 12.3. The maximum atomic E-state index is 13.4. The molecular weight excluding hydrogens is 520 g/mol. The summed E-state index contributed by atoms with van der Waals surface area (Å²) in [6.45, 7) is 1.31. The molecule has 0 bridgehead atoms. The fourth-order valence-corrected chi connectivity index (χ4v) is 4.83. The predicted octanol–water partition coefficient (Wildman–Crippen LogP) is 6.83. The minimum absolute atomic E-state index is 0.0258. The van der Waals surface area contributed by atoms with Gasteiger partial charge in [-0.15, -0.1) is 0 Å². The molecule has 1 aromatic heterocycles. The summed E-state index contributed by atoms with van der Waals surface area (Å²) in [5.74, 6) is 0.0644. The van der Waals surface area contributed by atoms with Crippen LogP contribution in [-0.2, 0) is 11.2 Å². The van der Waals surface area contributed by atoms with Crippen LogP contribution in [0.5, 0.6) is 5.88 Å². The van der Waals surface area contributed by atoms with Crippen LogP contribution in [0, 0.1) is 0 Å². The average molecular weight is 551 g/mol. The fraction of sp³-hybridized carbons (Fsp3) is 0.152. The summed E-state index contributed by atoms with van der Waals surface area (Å²) >= 11 is 6.19. The van der Waals surface area contributed by atoms with Crippen molar-refractivity contribution >= 4 is 45.5 Å². The van der Waals surface area contributed by atoms with Crippen LogP contribution >= 0.6 is 11.6 Å². The molecule has 5 aromatic rings. The average Bonchev–Trinajstić information content (AvgIpc) is 3.27. The van der Waals surface area contributed by atoms with Crippen LogP contribution in [-0.4, -0.2) is 53.8 Å². The zero-order valence-corrected chi connectivity index (χ0v) is 23.3. The maximum absolute atomic E-state index is 13.4. The first-order valence-electron chi connectivity index (χ1n) is 13.1. The second-order valence-corrected chi connectivity index (χ2v) is 10.3. The van der Waals surface area contributed by atoms with Crippen LogP contribution in [0.15, 0.2) is 108 Å². The minimum atomic E-state index is 0.0258. The van der Waals surface area contributed by atoms with E-state index in [1.807, 2.05) is 110 Å². The number of nitrogens with one attached hydrogen (secondary N) is 1. The van der Waals surface area contributed by atoms with Crippen molar-refractivity contribution in [2.24, 2.45) is 4.99 Å². The van der Waals surface area contributed by atoms with E-state index in [0.717, 1.165) is 34.3 Å². The highest BCUT2D eigenvalue weighted by Crippen LogP contribution is 2.33. The van der Waals surface area contributed by atoms with Gasteiger partial charge in [0.05, 0.1) is 28.9 Å². The number of hydrogen-bond donors (Lipinski definition) is 2. The summed E-state index contributed by atoms with van der Waals surface area (Å²) < 4.78 is 0. The number of H-pyrrole nitrogens is 1. The number of nitrogens with zero attached hydrogens (tertiary/aromatic N) is 3. The highest BCUT2D eigenvalue weighted by molar-refractivity contribution is 6.31. The van der Waals surface area contributed by atoms with E-state index < -0.39 is 0 Å². The van der Waals surface area contributed by atoms with Crippen LogP contribution < -0.4 is 4.90 Å². The molecule has 5 rings (SSSR count). The minimum Gasteiger partial charge on any atom is -0.494 e. The lowest BCUT2D eigenvalue weighted by molar-refractivity contribution is -0.118. The third kappa shape index (κ3) is 6.25. The van der Waals surface area contributed by atoms with E-state index in [0.29, 0.717) is 35.0 Å². The number of carbonyl (C=O) groups excluding carboxylic acids is 1. The molecule has 0 aliphatic carbocycles. The van der Waals surface area contributed by atoms with Gasteiger partial charge in [0.25, 0.3) is 0 Å².